The Balaban J connectivity index is 1.66. The van der Waals surface area contributed by atoms with E-state index in [1.54, 1.807) is 0 Å². The van der Waals surface area contributed by atoms with Crippen molar-refractivity contribution in [2.24, 2.45) is 11.7 Å². The van der Waals surface area contributed by atoms with Gasteiger partial charge in [0.2, 0.25) is 0 Å². The molecule has 2 aliphatic carbocycles. The molecule has 0 radical (unpaired) electrons. The molecule has 3 rings (SSSR count). The van der Waals surface area contributed by atoms with Crippen molar-refractivity contribution in [3.8, 4) is 0 Å². The number of hydrogen-bond acceptors (Lipinski definition) is 2. The summed E-state index contributed by atoms with van der Waals surface area (Å²) in [6, 6.07) is 8.63. The summed E-state index contributed by atoms with van der Waals surface area (Å²) in [6.45, 7) is 0. The molecule has 0 aromatic heterocycles. The van der Waals surface area contributed by atoms with Crippen molar-refractivity contribution in [2.75, 3.05) is 0 Å². The minimum atomic E-state index is 0.176. The van der Waals surface area contributed by atoms with Gasteiger partial charge in [-0.2, -0.15) is 0 Å². The molecule has 0 bridgehead atoms. The minimum absolute atomic E-state index is 0.176. The molecule has 0 spiro atoms. The molecule has 2 N–H and O–H groups in total. The van der Waals surface area contributed by atoms with Crippen LogP contribution in [0.1, 0.15) is 66.8 Å². The molecule has 2 aliphatic rings. The van der Waals surface area contributed by atoms with Crippen LogP contribution in [-0.4, -0.2) is 11.8 Å². The van der Waals surface area contributed by atoms with Crippen LogP contribution in [0.3, 0.4) is 0 Å². The Bertz CT molecular complexity index is 439. The van der Waals surface area contributed by atoms with E-state index in [1.807, 2.05) is 12.1 Å². The molecule has 2 fully saturated rings. The Labute approximate surface area is 115 Å². The van der Waals surface area contributed by atoms with Crippen LogP contribution in [0.2, 0.25) is 0 Å². The monoisotopic (exact) mass is 257 g/mol. The summed E-state index contributed by atoms with van der Waals surface area (Å²) in [7, 11) is 0. The molecular formula is C17H23NO. The van der Waals surface area contributed by atoms with Crippen molar-refractivity contribution in [1.82, 2.24) is 0 Å². The van der Waals surface area contributed by atoms with E-state index in [0.717, 1.165) is 24.3 Å². The Morgan fingerprint density at radius 3 is 2.21 bits per heavy atom. The summed E-state index contributed by atoms with van der Waals surface area (Å²) in [5.74, 6) is 1.18. The van der Waals surface area contributed by atoms with E-state index in [1.165, 1.54) is 37.7 Å². The fraction of sp³-hybridized carbons (Fsp3) is 0.588. The Hall–Kier alpha value is -1.15. The highest BCUT2D eigenvalue weighted by molar-refractivity contribution is 5.98. The standard InChI is InChI=1S/C17H23NO/c18-16-10-15(11-16)17(19)14-8-6-13(7-9-14)12-4-2-1-3-5-12/h6-9,12,15-16H,1-5,10-11,18H2. The van der Waals surface area contributed by atoms with Gasteiger partial charge in [0.15, 0.2) is 5.78 Å². The van der Waals surface area contributed by atoms with Gasteiger partial charge in [0.25, 0.3) is 0 Å². The van der Waals surface area contributed by atoms with E-state index >= 15 is 0 Å². The SMILES string of the molecule is NC1CC(C(=O)c2ccc(C3CCCCC3)cc2)C1. The van der Waals surface area contributed by atoms with Crippen LogP contribution in [-0.2, 0) is 0 Å². The maximum atomic E-state index is 12.2. The first-order valence-electron chi connectivity index (χ1n) is 7.64. The van der Waals surface area contributed by atoms with Gasteiger partial charge >= 0.3 is 0 Å². The van der Waals surface area contributed by atoms with E-state index in [9.17, 15) is 4.79 Å². The van der Waals surface area contributed by atoms with Crippen molar-refractivity contribution in [1.29, 1.82) is 0 Å². The third-order valence-corrected chi connectivity index (χ3v) is 4.82. The summed E-state index contributed by atoms with van der Waals surface area (Å²) < 4.78 is 0. The molecule has 0 aliphatic heterocycles. The molecule has 0 unspecified atom stereocenters. The van der Waals surface area contributed by atoms with Crippen LogP contribution in [0.5, 0.6) is 0 Å². The van der Waals surface area contributed by atoms with Gasteiger partial charge in [0, 0.05) is 17.5 Å². The first-order chi connectivity index (χ1) is 9.24. The molecule has 0 amide bonds. The third kappa shape index (κ3) is 2.74. The number of nitrogens with two attached hydrogens (primary N) is 1. The molecule has 2 saturated carbocycles. The van der Waals surface area contributed by atoms with E-state index in [4.69, 9.17) is 5.73 Å². The van der Waals surface area contributed by atoms with Gasteiger partial charge in [0.1, 0.15) is 0 Å². The Morgan fingerprint density at radius 2 is 1.63 bits per heavy atom. The molecule has 102 valence electrons. The molecular weight excluding hydrogens is 234 g/mol. The van der Waals surface area contributed by atoms with Gasteiger partial charge in [-0.15, -0.1) is 0 Å². The lowest BCUT2D eigenvalue weighted by Crippen LogP contribution is -2.40. The number of Topliss-reactive ketones (excluding diaryl/α,β-unsaturated/α-hetero) is 1. The highest BCUT2D eigenvalue weighted by atomic mass is 16.1. The largest absolute Gasteiger partial charge is 0.328 e. The smallest absolute Gasteiger partial charge is 0.166 e. The van der Waals surface area contributed by atoms with Crippen molar-refractivity contribution in [3.63, 3.8) is 0 Å². The maximum Gasteiger partial charge on any atom is 0.166 e. The second-order valence-electron chi connectivity index (χ2n) is 6.25. The second kappa shape index (κ2) is 5.46. The second-order valence-corrected chi connectivity index (χ2v) is 6.25. The first-order valence-corrected chi connectivity index (χ1v) is 7.64. The molecule has 1 aromatic rings. The van der Waals surface area contributed by atoms with E-state index in [-0.39, 0.29) is 17.7 Å². The van der Waals surface area contributed by atoms with Crippen LogP contribution in [0.25, 0.3) is 0 Å². The van der Waals surface area contributed by atoms with Gasteiger partial charge in [-0.3, -0.25) is 4.79 Å². The van der Waals surface area contributed by atoms with Gasteiger partial charge in [-0.25, -0.2) is 0 Å². The van der Waals surface area contributed by atoms with Crippen molar-refractivity contribution >= 4 is 5.78 Å². The summed E-state index contributed by atoms with van der Waals surface area (Å²) >= 11 is 0. The quantitative estimate of drug-likeness (QED) is 0.840. The number of hydrogen-bond donors (Lipinski definition) is 1. The van der Waals surface area contributed by atoms with Crippen molar-refractivity contribution in [2.45, 2.75) is 56.9 Å². The Morgan fingerprint density at radius 1 is 1.00 bits per heavy atom. The summed E-state index contributed by atoms with van der Waals surface area (Å²) in [4.78, 5) is 12.2. The van der Waals surface area contributed by atoms with Crippen LogP contribution in [0.4, 0.5) is 0 Å². The van der Waals surface area contributed by atoms with Crippen LogP contribution in [0, 0.1) is 5.92 Å². The minimum Gasteiger partial charge on any atom is -0.328 e. The van der Waals surface area contributed by atoms with E-state index < -0.39 is 0 Å². The third-order valence-electron chi connectivity index (χ3n) is 4.82. The molecule has 19 heavy (non-hydrogen) atoms. The predicted octanol–water partition coefficient (Wildman–Crippen LogP) is 3.65. The lowest BCUT2D eigenvalue weighted by Gasteiger charge is -2.31. The van der Waals surface area contributed by atoms with Crippen LogP contribution >= 0.6 is 0 Å². The molecule has 2 nitrogen and oxygen atoms in total. The number of rotatable bonds is 3. The fourth-order valence-corrected chi connectivity index (χ4v) is 3.47. The van der Waals surface area contributed by atoms with E-state index in [2.05, 4.69) is 12.1 Å². The van der Waals surface area contributed by atoms with Crippen LogP contribution in [0.15, 0.2) is 24.3 Å². The zero-order chi connectivity index (χ0) is 13.2. The average molecular weight is 257 g/mol. The van der Waals surface area contributed by atoms with Gasteiger partial charge < -0.3 is 5.73 Å². The lowest BCUT2D eigenvalue weighted by atomic mass is 9.76. The zero-order valence-corrected chi connectivity index (χ0v) is 11.5. The van der Waals surface area contributed by atoms with Gasteiger partial charge in [0.05, 0.1) is 0 Å². The van der Waals surface area contributed by atoms with Gasteiger partial charge in [-0.05, 0) is 37.2 Å². The molecule has 0 saturated heterocycles. The molecule has 0 heterocycles. The fourth-order valence-electron chi connectivity index (χ4n) is 3.47. The Kier molecular flexibility index (Phi) is 3.69. The topological polar surface area (TPSA) is 43.1 Å². The number of carbonyl (C=O) groups is 1. The van der Waals surface area contributed by atoms with Crippen molar-refractivity contribution in [3.05, 3.63) is 35.4 Å². The number of benzene rings is 1. The number of carbonyl (C=O) groups excluding carboxylic acids is 1. The summed E-state index contributed by atoms with van der Waals surface area (Å²) in [5.41, 5.74) is 8.04. The summed E-state index contributed by atoms with van der Waals surface area (Å²) in [6.07, 6.45) is 8.44. The molecule has 2 heteroatoms. The predicted molar refractivity (Wildman–Crippen MR) is 77.3 cm³/mol. The normalized spacial score (nSPS) is 27.8. The van der Waals surface area contributed by atoms with Crippen molar-refractivity contribution < 1.29 is 4.79 Å². The zero-order valence-electron chi connectivity index (χ0n) is 11.5. The average Bonchev–Trinajstić information content (AvgIpc) is 2.44. The summed E-state index contributed by atoms with van der Waals surface area (Å²) in [5, 5.41) is 0. The van der Waals surface area contributed by atoms with Crippen LogP contribution < -0.4 is 5.73 Å². The van der Waals surface area contributed by atoms with Gasteiger partial charge in [-0.1, -0.05) is 43.5 Å². The highest BCUT2D eigenvalue weighted by Crippen LogP contribution is 2.33. The maximum absolute atomic E-state index is 12.2. The first kappa shape index (κ1) is 12.9. The molecule has 1 aromatic carbocycles. The van der Waals surface area contributed by atoms with E-state index in [0.29, 0.717) is 0 Å². The molecule has 0 atom stereocenters. The number of ketones is 1. The lowest BCUT2D eigenvalue weighted by molar-refractivity contribution is 0.0832. The highest BCUT2D eigenvalue weighted by Gasteiger charge is 2.32.